The molecular weight excluding hydrogens is 721 g/mol. The lowest BCUT2D eigenvalue weighted by Crippen LogP contribution is -1.88. The Morgan fingerprint density at radius 1 is 0.167 bits per heavy atom. The minimum Gasteiger partial charge on any atom is -0.0616 e. The van der Waals surface area contributed by atoms with Crippen molar-refractivity contribution in [2.45, 2.75) is 0 Å². The number of fused-ring (bicyclic) bond motifs is 14. The van der Waals surface area contributed by atoms with E-state index < -0.39 is 0 Å². The lowest BCUT2D eigenvalue weighted by Gasteiger charge is -2.16. The summed E-state index contributed by atoms with van der Waals surface area (Å²) in [5.74, 6) is 0. The second kappa shape index (κ2) is 12.9. The first-order chi connectivity index (χ1) is 29.7. The highest BCUT2D eigenvalue weighted by atomic mass is 14.2. The largest absolute Gasteiger partial charge is 0.0616 e. The Morgan fingerprint density at radius 2 is 0.517 bits per heavy atom. The van der Waals surface area contributed by atoms with Gasteiger partial charge in [-0.05, 0) is 167 Å². The predicted molar refractivity (Wildman–Crippen MR) is 260 cm³/mol. The molecule has 276 valence electrons. The summed E-state index contributed by atoms with van der Waals surface area (Å²) >= 11 is 0. The highest BCUT2D eigenvalue weighted by Gasteiger charge is 2.16. The van der Waals surface area contributed by atoms with Gasteiger partial charge in [-0.3, -0.25) is 0 Å². The van der Waals surface area contributed by atoms with Gasteiger partial charge in [0, 0.05) is 0 Å². The van der Waals surface area contributed by atoms with Gasteiger partial charge >= 0.3 is 0 Å². The van der Waals surface area contributed by atoms with E-state index in [1.807, 2.05) is 0 Å². The fraction of sp³-hybridized carbons (Fsp3) is 0. The zero-order valence-corrected chi connectivity index (χ0v) is 32.8. The Labute approximate surface area is 347 Å². The van der Waals surface area contributed by atoms with E-state index in [-0.39, 0.29) is 0 Å². The van der Waals surface area contributed by atoms with Crippen molar-refractivity contribution in [1.29, 1.82) is 0 Å². The van der Waals surface area contributed by atoms with Gasteiger partial charge in [-0.25, -0.2) is 0 Å². The smallest absolute Gasteiger partial charge is 0.00204 e. The number of benzene rings is 13. The molecule has 0 bridgehead atoms. The molecule has 13 rings (SSSR count). The molecule has 0 radical (unpaired) electrons. The fourth-order valence-corrected chi connectivity index (χ4v) is 10.2. The highest BCUT2D eigenvalue weighted by molar-refractivity contribution is 6.28. The second-order valence-electron chi connectivity index (χ2n) is 16.4. The molecule has 0 aliphatic carbocycles. The van der Waals surface area contributed by atoms with Gasteiger partial charge in [0.05, 0.1) is 0 Å². The topological polar surface area (TPSA) is 0 Å². The summed E-state index contributed by atoms with van der Waals surface area (Å²) in [6.07, 6.45) is 0. The zero-order valence-electron chi connectivity index (χ0n) is 32.8. The Morgan fingerprint density at radius 3 is 1.05 bits per heavy atom. The van der Waals surface area contributed by atoms with Crippen LogP contribution in [0.1, 0.15) is 0 Å². The molecule has 0 atom stereocenters. The molecule has 0 nitrogen and oxygen atoms in total. The molecule has 0 saturated heterocycles. The van der Waals surface area contributed by atoms with E-state index in [9.17, 15) is 0 Å². The standard InChI is InChI=1S/C60H36/c1-5-13-49-37(9-1)25-30-55-58(49)36-57(54-29-27-39-11-3-7-15-51(39)60(54)55)48-24-22-43-32-41(18-20-45(43)34-48)40-17-19-44-33-47(23-21-42(44)31-40)56-35-46-12-4-8-16-52(46)59-50-14-6-2-10-38(50)26-28-53(56)59/h1-36H. The van der Waals surface area contributed by atoms with E-state index in [0.29, 0.717) is 0 Å². The van der Waals surface area contributed by atoms with Crippen LogP contribution in [-0.4, -0.2) is 0 Å². The minimum atomic E-state index is 1.22. The van der Waals surface area contributed by atoms with Gasteiger partial charge in [-0.2, -0.15) is 0 Å². The van der Waals surface area contributed by atoms with Crippen LogP contribution in [0.25, 0.3) is 130 Å². The van der Waals surface area contributed by atoms with Crippen molar-refractivity contribution in [2.24, 2.45) is 0 Å². The first kappa shape index (κ1) is 33.2. The van der Waals surface area contributed by atoms with E-state index in [1.165, 1.54) is 130 Å². The molecule has 0 spiro atoms. The highest BCUT2D eigenvalue weighted by Crippen LogP contribution is 2.43. The molecule has 0 fully saturated rings. The molecule has 0 heteroatoms. The number of hydrogen-bond acceptors (Lipinski definition) is 0. The summed E-state index contributed by atoms with van der Waals surface area (Å²) in [5, 5.41) is 23.1. The van der Waals surface area contributed by atoms with Crippen LogP contribution in [0.15, 0.2) is 218 Å². The van der Waals surface area contributed by atoms with Gasteiger partial charge < -0.3 is 0 Å². The number of hydrogen-bond donors (Lipinski definition) is 0. The third-order valence-corrected chi connectivity index (χ3v) is 13.1. The first-order valence-electron chi connectivity index (χ1n) is 20.9. The molecular formula is C60H36. The molecule has 0 N–H and O–H groups in total. The molecule has 0 heterocycles. The quantitative estimate of drug-likeness (QED) is 0.158. The van der Waals surface area contributed by atoms with Gasteiger partial charge in [0.1, 0.15) is 0 Å². The summed E-state index contributed by atoms with van der Waals surface area (Å²) in [6, 6.07) is 81.5. The molecule has 13 aromatic carbocycles. The molecule has 0 aliphatic heterocycles. The molecule has 0 aromatic heterocycles. The van der Waals surface area contributed by atoms with Crippen LogP contribution in [-0.2, 0) is 0 Å². The van der Waals surface area contributed by atoms with Gasteiger partial charge in [0.2, 0.25) is 0 Å². The predicted octanol–water partition coefficient (Wildman–Crippen LogP) is 17.1. The molecule has 0 amide bonds. The van der Waals surface area contributed by atoms with Crippen molar-refractivity contribution >= 4 is 97.0 Å². The van der Waals surface area contributed by atoms with Crippen molar-refractivity contribution in [1.82, 2.24) is 0 Å². The maximum absolute atomic E-state index is 2.43. The van der Waals surface area contributed by atoms with E-state index in [4.69, 9.17) is 0 Å². The number of rotatable bonds is 3. The summed E-state index contributed by atoms with van der Waals surface area (Å²) in [4.78, 5) is 0. The second-order valence-corrected chi connectivity index (χ2v) is 16.4. The monoisotopic (exact) mass is 756 g/mol. The van der Waals surface area contributed by atoms with Crippen LogP contribution in [0.3, 0.4) is 0 Å². The van der Waals surface area contributed by atoms with Crippen LogP contribution in [0, 0.1) is 0 Å². The maximum Gasteiger partial charge on any atom is -0.00204 e. The molecule has 60 heavy (non-hydrogen) atoms. The van der Waals surface area contributed by atoms with Gasteiger partial charge in [-0.15, -0.1) is 0 Å². The van der Waals surface area contributed by atoms with Gasteiger partial charge in [0.25, 0.3) is 0 Å². The SMILES string of the molecule is c1ccc2c(c1)ccc1c2cc(-c2ccc3cc(-c4ccc5cc(-c6cc7ccccc7c7c6ccc6ccccc67)ccc5c4)ccc3c2)c2ccc3ccccc3c21. The first-order valence-corrected chi connectivity index (χ1v) is 20.9. The van der Waals surface area contributed by atoms with Crippen molar-refractivity contribution in [3.63, 3.8) is 0 Å². The summed E-state index contributed by atoms with van der Waals surface area (Å²) in [7, 11) is 0. The van der Waals surface area contributed by atoms with Gasteiger partial charge in [0.15, 0.2) is 0 Å². The van der Waals surface area contributed by atoms with E-state index >= 15 is 0 Å². The van der Waals surface area contributed by atoms with Crippen molar-refractivity contribution in [3.05, 3.63) is 218 Å². The molecule has 13 aromatic rings. The minimum absolute atomic E-state index is 1.22. The van der Waals surface area contributed by atoms with Crippen LogP contribution >= 0.6 is 0 Å². The van der Waals surface area contributed by atoms with Crippen LogP contribution in [0.4, 0.5) is 0 Å². The van der Waals surface area contributed by atoms with Crippen molar-refractivity contribution < 1.29 is 0 Å². The third kappa shape index (κ3) is 5.04. The van der Waals surface area contributed by atoms with E-state index in [2.05, 4.69) is 218 Å². The van der Waals surface area contributed by atoms with E-state index in [0.717, 1.165) is 0 Å². The maximum atomic E-state index is 2.43. The normalized spacial score (nSPS) is 12.0. The third-order valence-electron chi connectivity index (χ3n) is 13.1. The Kier molecular flexibility index (Phi) is 7.11. The lowest BCUT2D eigenvalue weighted by molar-refractivity contribution is 1.66. The Bertz CT molecular complexity index is 3930. The molecule has 0 aliphatic rings. The summed E-state index contributed by atoms with van der Waals surface area (Å²) < 4.78 is 0. The fourth-order valence-electron chi connectivity index (χ4n) is 10.2. The van der Waals surface area contributed by atoms with Crippen LogP contribution in [0.5, 0.6) is 0 Å². The summed E-state index contributed by atoms with van der Waals surface area (Å²) in [6.45, 7) is 0. The van der Waals surface area contributed by atoms with Gasteiger partial charge in [-0.1, -0.05) is 182 Å². The Balaban J connectivity index is 0.902. The van der Waals surface area contributed by atoms with Crippen molar-refractivity contribution in [3.8, 4) is 33.4 Å². The van der Waals surface area contributed by atoms with Crippen LogP contribution in [0.2, 0.25) is 0 Å². The average molecular weight is 757 g/mol. The molecule has 0 saturated carbocycles. The lowest BCUT2D eigenvalue weighted by atomic mass is 9.88. The Hall–Kier alpha value is -7.80. The molecule has 0 unspecified atom stereocenters. The zero-order chi connectivity index (χ0) is 39.3. The van der Waals surface area contributed by atoms with E-state index in [1.54, 1.807) is 0 Å². The van der Waals surface area contributed by atoms with Crippen molar-refractivity contribution in [2.75, 3.05) is 0 Å². The average Bonchev–Trinajstić information content (AvgIpc) is 3.32. The summed E-state index contributed by atoms with van der Waals surface area (Å²) in [5.41, 5.74) is 7.46. The van der Waals surface area contributed by atoms with Crippen LogP contribution < -0.4 is 0 Å².